The maximum Gasteiger partial charge on any atom is 3.00 e. The first kappa shape index (κ1) is 30.1. The third-order valence-electron chi connectivity index (χ3n) is 4.95. The Labute approximate surface area is 182 Å². The van der Waals surface area contributed by atoms with Crippen molar-refractivity contribution in [2.24, 2.45) is 0 Å². The van der Waals surface area contributed by atoms with Gasteiger partial charge in [0.2, 0.25) is 0 Å². The molecule has 1 aromatic rings. The Balaban J connectivity index is -0.00000161. The van der Waals surface area contributed by atoms with Crippen LogP contribution in [0.3, 0.4) is 0 Å². The average Bonchev–Trinajstić information content (AvgIpc) is 2.85. The van der Waals surface area contributed by atoms with Crippen LogP contribution in [0.4, 0.5) is 0 Å². The van der Waals surface area contributed by atoms with E-state index in [1.165, 1.54) is 29.5 Å². The molecule has 6 heteroatoms. The molecule has 0 aliphatic rings. The second kappa shape index (κ2) is 11.3. The molecule has 0 saturated heterocycles. The summed E-state index contributed by atoms with van der Waals surface area (Å²) in [5.41, 5.74) is 5.20. The maximum absolute atomic E-state index is 4.91. The van der Waals surface area contributed by atoms with Gasteiger partial charge in [-0.3, -0.25) is 0 Å². The summed E-state index contributed by atoms with van der Waals surface area (Å²) in [5, 5.41) is 4.91. The summed E-state index contributed by atoms with van der Waals surface area (Å²) < 4.78 is 2.14. The number of hydrogen-bond donors (Lipinski definition) is 0. The normalized spacial score (nSPS) is 12.4. The van der Waals surface area contributed by atoms with Crippen molar-refractivity contribution in [3.05, 3.63) is 23.2 Å². The molecule has 1 aromatic heterocycles. The van der Waals surface area contributed by atoms with Gasteiger partial charge >= 0.3 is 19.8 Å². The van der Waals surface area contributed by atoms with Gasteiger partial charge in [-0.15, -0.1) is 0 Å². The van der Waals surface area contributed by atoms with Crippen LogP contribution in [0.5, 0.6) is 0 Å². The third-order valence-corrected chi connectivity index (χ3v) is 10.0. The van der Waals surface area contributed by atoms with Gasteiger partial charge in [0.25, 0.3) is 0 Å². The van der Waals surface area contributed by atoms with Crippen LogP contribution in [0.15, 0.2) is 11.8 Å². The van der Waals surface area contributed by atoms with Crippen molar-refractivity contribution < 1.29 is 24.8 Å². The fourth-order valence-corrected chi connectivity index (χ4v) is 5.43. The Morgan fingerprint density at radius 2 is 1.36 bits per heavy atom. The molecule has 0 bridgehead atoms. The van der Waals surface area contributed by atoms with Crippen molar-refractivity contribution in [2.45, 2.75) is 91.3 Å². The first-order chi connectivity index (χ1) is 9.99. The summed E-state index contributed by atoms with van der Waals surface area (Å²) >= 11 is 0. The first-order valence-corrected chi connectivity index (χ1v) is 11.5. The van der Waals surface area contributed by atoms with Crippen LogP contribution < -0.4 is 24.8 Å². The molecule has 25 heavy (non-hydrogen) atoms. The van der Waals surface area contributed by atoms with Crippen molar-refractivity contribution in [1.82, 2.24) is 9.78 Å². The van der Waals surface area contributed by atoms with Crippen LogP contribution in [0.1, 0.15) is 73.7 Å². The molecule has 0 aliphatic heterocycles. The molecule has 0 amide bonds. The van der Waals surface area contributed by atoms with E-state index in [1.54, 1.807) is 0 Å². The van der Waals surface area contributed by atoms with E-state index in [-0.39, 0.29) is 55.4 Å². The number of aromatic nitrogens is 2. The van der Waals surface area contributed by atoms with Crippen LogP contribution >= 0.6 is 0 Å². The molecule has 1 heterocycles. The van der Waals surface area contributed by atoms with Gasteiger partial charge in [0, 0.05) is 22.7 Å². The second-order valence-corrected chi connectivity index (χ2v) is 13.8. The van der Waals surface area contributed by atoms with Crippen molar-refractivity contribution in [3.8, 4) is 0 Å². The third kappa shape index (κ3) is 7.88. The topological polar surface area (TPSA) is 17.8 Å². The summed E-state index contributed by atoms with van der Waals surface area (Å²) in [6, 6.07) is 6.23. The molecule has 0 N–H and O–H groups in total. The molecular formula is C19H36Cl2GaN2Si+. The molecule has 142 valence electrons. The van der Waals surface area contributed by atoms with E-state index in [9.17, 15) is 0 Å². The van der Waals surface area contributed by atoms with Crippen molar-refractivity contribution in [2.75, 3.05) is 0 Å². The molecular weight excluding hydrogens is 425 g/mol. The summed E-state index contributed by atoms with van der Waals surface area (Å²) in [4.78, 5) is 0. The van der Waals surface area contributed by atoms with E-state index in [4.69, 9.17) is 5.10 Å². The number of hydrogen-bond acceptors (Lipinski definition) is 1. The largest absolute Gasteiger partial charge is 3.00 e. The van der Waals surface area contributed by atoms with Crippen LogP contribution in [0.2, 0.25) is 18.1 Å². The molecule has 0 radical (unpaired) electrons. The van der Waals surface area contributed by atoms with Gasteiger partial charge in [0.05, 0.1) is 13.8 Å². The van der Waals surface area contributed by atoms with E-state index in [1.807, 2.05) is 0 Å². The SMILES string of the molecule is CC[Si](/C=C/n1nc(C(C)(C)C)cc1C(C)(C)C)(CC)CC.[Cl-].[Cl-].[Ga+3]. The molecule has 0 saturated carbocycles. The van der Waals surface area contributed by atoms with Gasteiger partial charge in [-0.1, -0.05) is 86.1 Å². The fraction of sp³-hybridized carbons (Fsp3) is 0.737. The standard InChI is InChI=1S/C19H36N2Si.2ClH.Ga/c1-10-22(11-2,12-3)14-13-21-17(19(7,8)9)15-16(20-21)18(4,5)6;;;/h13-15H,10-12H2,1-9H3;2*1H;/q;;;+3/p-2/b14-13+;;;. The monoisotopic (exact) mass is 459 g/mol. The van der Waals surface area contributed by atoms with E-state index >= 15 is 0 Å². The molecule has 0 aliphatic carbocycles. The van der Waals surface area contributed by atoms with Gasteiger partial charge in [0.1, 0.15) is 0 Å². The quantitative estimate of drug-likeness (QED) is 0.548. The Hall–Kier alpha value is 0.383. The predicted molar refractivity (Wildman–Crippen MR) is 108 cm³/mol. The minimum atomic E-state index is -1.26. The van der Waals surface area contributed by atoms with Gasteiger partial charge in [-0.05, 0) is 6.07 Å². The Bertz CT molecular complexity index is 516. The van der Waals surface area contributed by atoms with Gasteiger partial charge in [-0.2, -0.15) is 5.10 Å². The van der Waals surface area contributed by atoms with E-state index in [0.29, 0.717) is 0 Å². The summed E-state index contributed by atoms with van der Waals surface area (Å²) in [5.74, 6) is 0. The number of rotatable bonds is 5. The summed E-state index contributed by atoms with van der Waals surface area (Å²) in [6.07, 6.45) is 2.26. The molecule has 1 rings (SSSR count). The smallest absolute Gasteiger partial charge is 1.00 e. The molecule has 0 spiro atoms. The van der Waals surface area contributed by atoms with E-state index in [2.05, 4.69) is 85.0 Å². The summed E-state index contributed by atoms with van der Waals surface area (Å²) in [7, 11) is -1.26. The van der Waals surface area contributed by atoms with Crippen molar-refractivity contribution >= 4 is 34.1 Å². The zero-order valence-corrected chi connectivity index (χ0v) is 22.5. The minimum absolute atomic E-state index is 0. The van der Waals surface area contributed by atoms with Gasteiger partial charge in [-0.25, -0.2) is 4.68 Å². The Morgan fingerprint density at radius 3 is 1.68 bits per heavy atom. The van der Waals surface area contributed by atoms with Crippen LogP contribution in [0.25, 0.3) is 6.20 Å². The van der Waals surface area contributed by atoms with Gasteiger partial charge < -0.3 is 24.8 Å². The molecule has 0 aromatic carbocycles. The van der Waals surface area contributed by atoms with Crippen LogP contribution in [0, 0.1) is 0 Å². The van der Waals surface area contributed by atoms with Gasteiger partial charge in [0.15, 0.2) is 0 Å². The average molecular weight is 461 g/mol. The first-order valence-electron chi connectivity index (χ1n) is 8.79. The summed E-state index contributed by atoms with van der Waals surface area (Å²) in [6.45, 7) is 20.5. The zero-order chi connectivity index (χ0) is 17.2. The molecule has 0 fully saturated rings. The Morgan fingerprint density at radius 1 is 0.920 bits per heavy atom. The molecule has 2 nitrogen and oxygen atoms in total. The molecule has 0 unspecified atom stereocenters. The van der Waals surface area contributed by atoms with Crippen LogP contribution in [-0.4, -0.2) is 37.6 Å². The van der Waals surface area contributed by atoms with E-state index < -0.39 is 8.07 Å². The maximum atomic E-state index is 4.91. The van der Waals surface area contributed by atoms with Crippen molar-refractivity contribution in [1.29, 1.82) is 0 Å². The van der Waals surface area contributed by atoms with Crippen molar-refractivity contribution in [3.63, 3.8) is 0 Å². The molecule has 0 atom stereocenters. The fourth-order valence-electron chi connectivity index (χ4n) is 2.77. The van der Waals surface area contributed by atoms with E-state index in [0.717, 1.165) is 0 Å². The Kier molecular flexibility index (Phi) is 13.6. The number of nitrogens with zero attached hydrogens (tertiary/aromatic N) is 2. The number of halogens is 2. The van der Waals surface area contributed by atoms with Crippen LogP contribution in [-0.2, 0) is 10.8 Å². The predicted octanol–water partition coefficient (Wildman–Crippen LogP) is -0.376. The minimum Gasteiger partial charge on any atom is -1.00 e. The zero-order valence-electron chi connectivity index (χ0n) is 17.6. The second-order valence-electron chi connectivity index (χ2n) is 8.60.